The van der Waals surface area contributed by atoms with Crippen LogP contribution < -0.4 is 9.80 Å². The Hall–Kier alpha value is -3.14. The maximum absolute atomic E-state index is 11.1. The van der Waals surface area contributed by atoms with Crippen molar-refractivity contribution in [1.29, 1.82) is 0 Å². The number of carbonyl (C=O) groups is 1. The molecule has 0 unspecified atom stereocenters. The molecule has 4 heterocycles. The largest absolute Gasteiger partial charge is 0.354 e. The van der Waals surface area contributed by atoms with E-state index in [0.29, 0.717) is 10.7 Å². The number of hydrogen-bond acceptors (Lipinski definition) is 9. The van der Waals surface area contributed by atoms with Gasteiger partial charge in [0, 0.05) is 50.4 Å². The predicted octanol–water partition coefficient (Wildman–Crippen LogP) is 3.68. The minimum absolute atomic E-state index is 0.463. The van der Waals surface area contributed by atoms with E-state index in [0.717, 1.165) is 99.9 Å². The second-order valence-corrected chi connectivity index (χ2v) is 10.3. The third-order valence-corrected chi connectivity index (χ3v) is 7.19. The molecule has 2 aliphatic heterocycles. The summed E-state index contributed by atoms with van der Waals surface area (Å²) in [6.07, 6.45) is 10.1. The van der Waals surface area contributed by atoms with E-state index in [2.05, 4.69) is 48.6 Å². The van der Waals surface area contributed by atoms with E-state index in [-0.39, 0.29) is 0 Å². The fraction of sp³-hybridized carbons (Fsp3) is 0.464. The number of benzene rings is 1. The monoisotopic (exact) mass is 536 g/mol. The zero-order chi connectivity index (χ0) is 26.9. The first-order valence-electron chi connectivity index (χ1n) is 13.2. The van der Waals surface area contributed by atoms with E-state index in [4.69, 9.17) is 16.6 Å². The number of carbonyl (C=O) groups excluding carboxylic acids is 1. The summed E-state index contributed by atoms with van der Waals surface area (Å²) < 4.78 is 0. The van der Waals surface area contributed by atoms with Crippen LogP contribution in [0, 0.1) is 6.92 Å². The van der Waals surface area contributed by atoms with Crippen molar-refractivity contribution in [3.8, 4) is 11.3 Å². The summed E-state index contributed by atoms with van der Waals surface area (Å²) in [6, 6.07) is 5.83. The van der Waals surface area contributed by atoms with E-state index in [9.17, 15) is 4.79 Å². The Morgan fingerprint density at radius 1 is 0.763 bits per heavy atom. The summed E-state index contributed by atoms with van der Waals surface area (Å²) in [5, 5.41) is 0.463. The van der Waals surface area contributed by atoms with Crippen molar-refractivity contribution in [2.75, 3.05) is 76.3 Å². The van der Waals surface area contributed by atoms with E-state index >= 15 is 0 Å². The summed E-state index contributed by atoms with van der Waals surface area (Å²) in [4.78, 5) is 37.8. The van der Waals surface area contributed by atoms with Gasteiger partial charge in [-0.3, -0.25) is 14.8 Å². The molecule has 2 saturated heterocycles. The minimum Gasteiger partial charge on any atom is -0.354 e. The fourth-order valence-electron chi connectivity index (χ4n) is 4.61. The van der Waals surface area contributed by atoms with Crippen molar-refractivity contribution in [3.05, 3.63) is 59.3 Å². The van der Waals surface area contributed by atoms with Gasteiger partial charge in [0.25, 0.3) is 0 Å². The number of anilines is 2. The van der Waals surface area contributed by atoms with Crippen LogP contribution in [0.1, 0.15) is 28.8 Å². The summed E-state index contributed by atoms with van der Waals surface area (Å²) in [6.45, 7) is 10.3. The summed E-state index contributed by atoms with van der Waals surface area (Å²) in [5.74, 6) is 1.80. The molecule has 0 radical (unpaired) electrons. The Kier molecular flexibility index (Phi) is 9.98. The Labute approximate surface area is 230 Å². The zero-order valence-corrected chi connectivity index (χ0v) is 23.3. The molecule has 2 fully saturated rings. The quantitative estimate of drug-likeness (QED) is 0.464. The van der Waals surface area contributed by atoms with Crippen LogP contribution in [-0.2, 0) is 0 Å². The molecule has 2 aliphatic rings. The average Bonchev–Trinajstić information content (AvgIpc) is 3.29. The first kappa shape index (κ1) is 27.9. The predicted molar refractivity (Wildman–Crippen MR) is 153 cm³/mol. The number of aromatic nitrogens is 4. The molecule has 202 valence electrons. The third-order valence-electron chi connectivity index (χ3n) is 7.00. The van der Waals surface area contributed by atoms with Crippen molar-refractivity contribution in [2.24, 2.45) is 0 Å². The lowest BCUT2D eigenvalue weighted by Gasteiger charge is -2.21. The van der Waals surface area contributed by atoms with Gasteiger partial charge in [0.2, 0.25) is 0 Å². The van der Waals surface area contributed by atoms with Crippen molar-refractivity contribution in [3.63, 3.8) is 0 Å². The maximum atomic E-state index is 11.1. The normalized spacial score (nSPS) is 17.3. The standard InChI is InChI=1S/C18H22N4O.C10H15ClN4/c1-14-4-5-15(10-16(14)13-23)17-11-19-12-18(20-17)22-7-3-6-21(2)8-9-22;1-14-3-2-4-15(6-5-14)10-8-12-7-9(11)13-10/h4-5,10-13H,3,6-9H2,1-2H3;7-8H,2-6H2,1H3. The molecule has 3 aromatic rings. The van der Waals surface area contributed by atoms with Gasteiger partial charge in [0.05, 0.1) is 30.5 Å². The molecule has 0 saturated carbocycles. The molecular formula is C28H37ClN8O. The van der Waals surface area contributed by atoms with Crippen LogP contribution >= 0.6 is 11.6 Å². The van der Waals surface area contributed by atoms with Crippen LogP contribution in [-0.4, -0.2) is 102 Å². The first-order valence-corrected chi connectivity index (χ1v) is 13.5. The average molecular weight is 537 g/mol. The van der Waals surface area contributed by atoms with E-state index in [1.54, 1.807) is 18.6 Å². The first-order chi connectivity index (χ1) is 18.4. The number of hydrogen-bond donors (Lipinski definition) is 0. The molecule has 0 N–H and O–H groups in total. The Morgan fingerprint density at radius 3 is 1.97 bits per heavy atom. The Morgan fingerprint density at radius 2 is 1.37 bits per heavy atom. The molecule has 0 spiro atoms. The molecule has 0 atom stereocenters. The highest BCUT2D eigenvalue weighted by molar-refractivity contribution is 6.29. The van der Waals surface area contributed by atoms with Gasteiger partial charge in [-0.25, -0.2) is 9.97 Å². The van der Waals surface area contributed by atoms with Gasteiger partial charge in [0.15, 0.2) is 0 Å². The number of likely N-dealkylation sites (N-methyl/N-ethyl adjacent to an activating group) is 2. The maximum Gasteiger partial charge on any atom is 0.150 e. The molecule has 1 aromatic carbocycles. The second kappa shape index (κ2) is 13.6. The summed E-state index contributed by atoms with van der Waals surface area (Å²) >= 11 is 5.82. The van der Waals surface area contributed by atoms with Crippen LogP contribution in [0.4, 0.5) is 11.6 Å². The van der Waals surface area contributed by atoms with Crippen LogP contribution in [0.2, 0.25) is 5.15 Å². The third kappa shape index (κ3) is 7.69. The van der Waals surface area contributed by atoms with Crippen LogP contribution in [0.5, 0.6) is 0 Å². The van der Waals surface area contributed by atoms with Gasteiger partial charge >= 0.3 is 0 Å². The zero-order valence-electron chi connectivity index (χ0n) is 22.6. The highest BCUT2D eigenvalue weighted by Gasteiger charge is 2.15. The summed E-state index contributed by atoms with van der Waals surface area (Å²) in [5.41, 5.74) is 3.41. The second-order valence-electron chi connectivity index (χ2n) is 9.94. The van der Waals surface area contributed by atoms with Gasteiger partial charge in [-0.05, 0) is 58.6 Å². The number of aryl methyl sites for hydroxylation is 1. The minimum atomic E-state index is 0.463. The van der Waals surface area contributed by atoms with E-state index in [1.165, 1.54) is 0 Å². The number of rotatable bonds is 4. The van der Waals surface area contributed by atoms with Crippen LogP contribution in [0.15, 0.2) is 43.0 Å². The molecule has 0 bridgehead atoms. The van der Waals surface area contributed by atoms with E-state index < -0.39 is 0 Å². The highest BCUT2D eigenvalue weighted by Crippen LogP contribution is 2.22. The fourth-order valence-corrected chi connectivity index (χ4v) is 4.75. The summed E-state index contributed by atoms with van der Waals surface area (Å²) in [7, 11) is 4.30. The highest BCUT2D eigenvalue weighted by atomic mass is 35.5. The van der Waals surface area contributed by atoms with E-state index in [1.807, 2.05) is 31.3 Å². The van der Waals surface area contributed by atoms with Crippen molar-refractivity contribution in [1.82, 2.24) is 29.7 Å². The van der Waals surface area contributed by atoms with Gasteiger partial charge in [0.1, 0.15) is 23.1 Å². The molecule has 10 heteroatoms. The number of aldehydes is 1. The molecule has 2 aromatic heterocycles. The topological polar surface area (TPSA) is 81.6 Å². The molecule has 5 rings (SSSR count). The lowest BCUT2D eigenvalue weighted by atomic mass is 10.0. The van der Waals surface area contributed by atoms with Crippen molar-refractivity contribution >= 4 is 29.5 Å². The molecule has 9 nitrogen and oxygen atoms in total. The van der Waals surface area contributed by atoms with Crippen LogP contribution in [0.25, 0.3) is 11.3 Å². The van der Waals surface area contributed by atoms with Crippen molar-refractivity contribution in [2.45, 2.75) is 19.8 Å². The molecular weight excluding hydrogens is 500 g/mol. The van der Waals surface area contributed by atoms with Crippen molar-refractivity contribution < 1.29 is 4.79 Å². The molecule has 38 heavy (non-hydrogen) atoms. The lowest BCUT2D eigenvalue weighted by molar-refractivity contribution is 0.112. The van der Waals surface area contributed by atoms with Gasteiger partial charge in [-0.1, -0.05) is 23.7 Å². The van der Waals surface area contributed by atoms with Gasteiger partial charge in [-0.15, -0.1) is 0 Å². The molecule has 0 amide bonds. The smallest absolute Gasteiger partial charge is 0.150 e. The SMILES string of the molecule is CN1CCCN(c2cncc(Cl)n2)CC1.Cc1ccc(-c2cncc(N3CCCN(C)CC3)n2)cc1C=O. The van der Waals surface area contributed by atoms with Gasteiger partial charge in [-0.2, -0.15) is 0 Å². The number of nitrogens with zero attached hydrogens (tertiary/aromatic N) is 8. The van der Waals surface area contributed by atoms with Crippen LogP contribution in [0.3, 0.4) is 0 Å². The lowest BCUT2D eigenvalue weighted by Crippen LogP contribution is -2.29. The van der Waals surface area contributed by atoms with Gasteiger partial charge < -0.3 is 19.6 Å². The number of halogens is 1. The Bertz CT molecular complexity index is 1210. The Balaban J connectivity index is 0.000000194. The molecule has 0 aliphatic carbocycles.